The van der Waals surface area contributed by atoms with Gasteiger partial charge in [0.1, 0.15) is 0 Å². The van der Waals surface area contributed by atoms with Crippen molar-refractivity contribution in [3.05, 3.63) is 59.7 Å². The minimum Gasteiger partial charge on any atom is -0.398 e. The molecule has 0 atom stereocenters. The maximum absolute atomic E-state index is 12.2. The molecule has 0 aromatic heterocycles. The Morgan fingerprint density at radius 1 is 1.08 bits per heavy atom. The summed E-state index contributed by atoms with van der Waals surface area (Å²) in [5.41, 5.74) is 9.81. The molecule has 7 heteroatoms. The third-order valence-corrected chi connectivity index (χ3v) is 4.27. The van der Waals surface area contributed by atoms with Gasteiger partial charge < -0.3 is 16.0 Å². The summed E-state index contributed by atoms with van der Waals surface area (Å²) in [5.74, 6) is -0.333. The van der Waals surface area contributed by atoms with Crippen LogP contribution in [-0.2, 0) is 17.8 Å². The molecule has 2 aromatic rings. The number of nitrogens with zero attached hydrogens (tertiary/aromatic N) is 1. The summed E-state index contributed by atoms with van der Waals surface area (Å²) in [6.07, 6.45) is 1.85. The Morgan fingerprint density at radius 3 is 2.62 bits per heavy atom. The summed E-state index contributed by atoms with van der Waals surface area (Å²) < 4.78 is 0. The van der Waals surface area contributed by atoms with Crippen LogP contribution in [0.3, 0.4) is 0 Å². The number of anilines is 2. The number of carbonyl (C=O) groups is 2. The van der Waals surface area contributed by atoms with E-state index in [1.165, 1.54) is 0 Å². The van der Waals surface area contributed by atoms with Crippen molar-refractivity contribution in [3.8, 4) is 0 Å². The summed E-state index contributed by atoms with van der Waals surface area (Å²) in [4.78, 5) is 26.0. The largest absolute Gasteiger partial charge is 0.398 e. The zero-order valence-corrected chi connectivity index (χ0v) is 15.2. The fourth-order valence-corrected chi connectivity index (χ4v) is 3.05. The van der Waals surface area contributed by atoms with Crippen molar-refractivity contribution in [1.82, 2.24) is 10.6 Å². The van der Waals surface area contributed by atoms with Crippen LogP contribution in [0.15, 0.2) is 48.5 Å². The van der Waals surface area contributed by atoms with Crippen molar-refractivity contribution in [2.45, 2.75) is 19.4 Å². The van der Waals surface area contributed by atoms with Crippen molar-refractivity contribution in [2.75, 3.05) is 23.7 Å². The van der Waals surface area contributed by atoms with Gasteiger partial charge in [-0.3, -0.25) is 10.1 Å². The quantitative estimate of drug-likeness (QED) is 0.717. The van der Waals surface area contributed by atoms with Gasteiger partial charge in [-0.05, 0) is 36.1 Å². The molecular formula is C19H23ClN4O2. The highest BCUT2D eigenvalue weighted by Gasteiger charge is 2.21. The Kier molecular flexibility index (Phi) is 6.86. The van der Waals surface area contributed by atoms with E-state index in [0.717, 1.165) is 41.9 Å². The molecule has 1 aliphatic rings. The second-order valence-electron chi connectivity index (χ2n) is 6.09. The van der Waals surface area contributed by atoms with Crippen molar-refractivity contribution < 1.29 is 9.59 Å². The van der Waals surface area contributed by atoms with Gasteiger partial charge in [0, 0.05) is 24.5 Å². The van der Waals surface area contributed by atoms with E-state index in [2.05, 4.69) is 10.6 Å². The van der Waals surface area contributed by atoms with Gasteiger partial charge in [0.15, 0.2) is 0 Å². The summed E-state index contributed by atoms with van der Waals surface area (Å²) >= 11 is 0. The Bertz CT molecular complexity index is 767. The van der Waals surface area contributed by atoms with E-state index in [4.69, 9.17) is 5.73 Å². The van der Waals surface area contributed by atoms with Crippen LogP contribution < -0.4 is 21.3 Å². The number of hydrogen-bond acceptors (Lipinski definition) is 4. The van der Waals surface area contributed by atoms with Crippen LogP contribution in [0.2, 0.25) is 0 Å². The second kappa shape index (κ2) is 9.10. The fraction of sp³-hybridized carbons (Fsp3) is 0.263. The highest BCUT2D eigenvalue weighted by molar-refractivity contribution is 5.96. The van der Waals surface area contributed by atoms with Crippen molar-refractivity contribution in [3.63, 3.8) is 0 Å². The molecule has 0 unspecified atom stereocenters. The van der Waals surface area contributed by atoms with Gasteiger partial charge in [-0.15, -0.1) is 12.4 Å². The number of imide groups is 1. The number of rotatable bonds is 4. The first-order valence-corrected chi connectivity index (χ1v) is 8.37. The first-order valence-electron chi connectivity index (χ1n) is 8.37. The normalized spacial score (nSPS) is 12.5. The third-order valence-electron chi connectivity index (χ3n) is 4.27. The van der Waals surface area contributed by atoms with Gasteiger partial charge >= 0.3 is 6.03 Å². The lowest BCUT2D eigenvalue weighted by Gasteiger charge is -2.31. The van der Waals surface area contributed by atoms with E-state index < -0.39 is 6.03 Å². The van der Waals surface area contributed by atoms with E-state index in [-0.39, 0.29) is 24.9 Å². The summed E-state index contributed by atoms with van der Waals surface area (Å²) in [5, 5.41) is 5.07. The van der Waals surface area contributed by atoms with Crippen molar-refractivity contribution in [1.29, 1.82) is 0 Å². The lowest BCUT2D eigenvalue weighted by molar-refractivity contribution is -0.118. The lowest BCUT2D eigenvalue weighted by Crippen LogP contribution is -2.45. The Balaban J connectivity index is 0.00000243. The molecule has 3 rings (SSSR count). The molecule has 4 N–H and O–H groups in total. The van der Waals surface area contributed by atoms with E-state index in [0.29, 0.717) is 6.54 Å². The molecule has 3 amide bonds. The summed E-state index contributed by atoms with van der Waals surface area (Å²) in [6, 6.07) is 14.8. The van der Waals surface area contributed by atoms with Gasteiger partial charge in [-0.2, -0.15) is 0 Å². The maximum atomic E-state index is 12.2. The number of halogens is 1. The molecule has 1 aliphatic heterocycles. The predicted octanol–water partition coefficient (Wildman–Crippen LogP) is 2.47. The summed E-state index contributed by atoms with van der Waals surface area (Å²) in [7, 11) is 0. The van der Waals surface area contributed by atoms with Crippen molar-refractivity contribution in [2.24, 2.45) is 0 Å². The Hall–Kier alpha value is -2.73. The van der Waals surface area contributed by atoms with E-state index >= 15 is 0 Å². The smallest absolute Gasteiger partial charge is 0.321 e. The molecule has 0 bridgehead atoms. The van der Waals surface area contributed by atoms with Gasteiger partial charge in [0.05, 0.1) is 6.54 Å². The van der Waals surface area contributed by atoms with Crippen LogP contribution in [0.25, 0.3) is 0 Å². The first-order chi connectivity index (χ1) is 12.1. The topological polar surface area (TPSA) is 87.5 Å². The standard InChI is InChI=1S/C19H22N4O2.ClH/c20-16-9-4-10-17-15(16)8-5-11-23(17)13-18(24)22-19(25)21-12-14-6-2-1-3-7-14;/h1-4,6-7,9-10H,5,8,11-13,20H2,(H2,21,22,24,25);1H. The van der Waals surface area contributed by atoms with Crippen molar-refractivity contribution >= 4 is 35.7 Å². The van der Waals surface area contributed by atoms with E-state index in [9.17, 15) is 9.59 Å². The Morgan fingerprint density at radius 2 is 1.85 bits per heavy atom. The molecule has 138 valence electrons. The predicted molar refractivity (Wildman–Crippen MR) is 105 cm³/mol. The van der Waals surface area contributed by atoms with E-state index in [1.54, 1.807) is 0 Å². The van der Waals surface area contributed by atoms with Gasteiger partial charge in [0.25, 0.3) is 0 Å². The highest BCUT2D eigenvalue weighted by atomic mass is 35.5. The Labute approximate surface area is 159 Å². The number of nitrogens with two attached hydrogens (primary N) is 1. The van der Waals surface area contributed by atoms with E-state index in [1.807, 2.05) is 53.4 Å². The highest BCUT2D eigenvalue weighted by Crippen LogP contribution is 2.30. The second-order valence-corrected chi connectivity index (χ2v) is 6.09. The van der Waals surface area contributed by atoms with Crippen LogP contribution in [-0.4, -0.2) is 25.0 Å². The zero-order valence-electron chi connectivity index (χ0n) is 14.4. The average Bonchev–Trinajstić information content (AvgIpc) is 2.62. The molecule has 0 spiro atoms. The minimum atomic E-state index is -0.487. The molecular weight excluding hydrogens is 352 g/mol. The first kappa shape index (κ1) is 19.6. The molecule has 0 saturated heterocycles. The molecule has 0 aliphatic carbocycles. The van der Waals surface area contributed by atoms with Crippen LogP contribution in [0.1, 0.15) is 17.5 Å². The van der Waals surface area contributed by atoms with Crippen LogP contribution in [0.4, 0.5) is 16.2 Å². The van der Waals surface area contributed by atoms with Crippen LogP contribution in [0.5, 0.6) is 0 Å². The number of nitrogens with one attached hydrogen (secondary N) is 2. The number of urea groups is 1. The third kappa shape index (κ3) is 4.89. The number of fused-ring (bicyclic) bond motifs is 1. The number of carbonyl (C=O) groups excluding carboxylic acids is 2. The SMILES string of the molecule is Cl.Nc1cccc2c1CCCN2CC(=O)NC(=O)NCc1ccccc1. The lowest BCUT2D eigenvalue weighted by atomic mass is 10.00. The fourth-order valence-electron chi connectivity index (χ4n) is 3.05. The zero-order chi connectivity index (χ0) is 17.6. The number of nitrogen functional groups attached to an aromatic ring is 1. The molecule has 0 saturated carbocycles. The number of amides is 3. The average molecular weight is 375 g/mol. The van der Waals surface area contributed by atoms with Gasteiger partial charge in [-0.1, -0.05) is 36.4 Å². The molecule has 26 heavy (non-hydrogen) atoms. The van der Waals surface area contributed by atoms with Gasteiger partial charge in [0.2, 0.25) is 5.91 Å². The molecule has 6 nitrogen and oxygen atoms in total. The van der Waals surface area contributed by atoms with Crippen LogP contribution in [0, 0.1) is 0 Å². The maximum Gasteiger partial charge on any atom is 0.321 e. The molecule has 0 radical (unpaired) electrons. The number of benzene rings is 2. The monoisotopic (exact) mass is 374 g/mol. The van der Waals surface area contributed by atoms with Crippen LogP contribution >= 0.6 is 12.4 Å². The molecule has 0 fully saturated rings. The number of hydrogen-bond donors (Lipinski definition) is 3. The summed E-state index contributed by atoms with van der Waals surface area (Å²) in [6.45, 7) is 1.29. The molecule has 2 aromatic carbocycles. The minimum absolute atomic E-state index is 0. The molecule has 1 heterocycles. The van der Waals surface area contributed by atoms with Gasteiger partial charge in [-0.25, -0.2) is 4.79 Å².